The molecule has 0 aliphatic carbocycles. The van der Waals surface area contributed by atoms with Crippen molar-refractivity contribution < 1.29 is 119 Å². The molecule has 4 saturated heterocycles. The van der Waals surface area contributed by atoms with Crippen molar-refractivity contribution in [2.24, 2.45) is 11.8 Å². The minimum Gasteiger partial charge on any atom is -1.00 e. The van der Waals surface area contributed by atoms with E-state index in [1.54, 1.807) is 4.98 Å². The summed E-state index contributed by atoms with van der Waals surface area (Å²) < 4.78 is 0. The largest absolute Gasteiger partial charge is 1.00 e. The summed E-state index contributed by atoms with van der Waals surface area (Å²) >= 11 is 40.1. The summed E-state index contributed by atoms with van der Waals surface area (Å²) in [5.74, 6) is 1.44. The Morgan fingerprint density at radius 1 is 0.687 bits per heavy atom. The average Bonchev–Trinajstić information content (AvgIpc) is 3.31. The third-order valence-electron chi connectivity index (χ3n) is 12.1. The predicted octanol–water partition coefficient (Wildman–Crippen LogP) is 4.98. The van der Waals surface area contributed by atoms with E-state index in [-0.39, 0.29) is 123 Å². The first-order valence-corrected chi connectivity index (χ1v) is 24.5. The first-order chi connectivity index (χ1) is 31.5. The fourth-order valence-corrected chi connectivity index (χ4v) is 10.2. The van der Waals surface area contributed by atoms with E-state index in [4.69, 9.17) is 91.5 Å². The van der Waals surface area contributed by atoms with Gasteiger partial charge in [-0.25, -0.2) is 0 Å². The van der Waals surface area contributed by atoms with E-state index < -0.39 is 0 Å². The van der Waals surface area contributed by atoms with Crippen LogP contribution in [0.3, 0.4) is 0 Å². The molecule has 4 aliphatic rings. The smallest absolute Gasteiger partial charge is 1.00 e. The number of hydrogen-bond acceptors (Lipinski definition) is 10. The van der Waals surface area contributed by atoms with Crippen LogP contribution in [-0.4, -0.2) is 99.8 Å². The first kappa shape index (κ1) is 61.4. The predicted molar refractivity (Wildman–Crippen MR) is 268 cm³/mol. The van der Waals surface area contributed by atoms with Crippen LogP contribution >= 0.6 is 85.5 Å². The molecule has 0 aromatic heterocycles. The number of piperazine rings is 2. The van der Waals surface area contributed by atoms with E-state index in [2.05, 4.69) is 75.0 Å². The zero-order valence-corrected chi connectivity index (χ0v) is 50.2. The number of rotatable bonds is 9. The molecule has 1 N–H and O–H groups in total. The average molecular weight is 1150 g/mol. The Kier molecular flexibility index (Phi) is 30.2. The van der Waals surface area contributed by atoms with Crippen molar-refractivity contribution in [3.8, 4) is 4.98 Å². The molecule has 0 spiro atoms. The van der Waals surface area contributed by atoms with Crippen molar-refractivity contribution in [2.75, 3.05) is 88.3 Å². The zero-order valence-electron chi connectivity index (χ0n) is 38.8. The van der Waals surface area contributed by atoms with Crippen molar-refractivity contribution in [3.63, 3.8) is 0 Å². The standard InChI is InChI=1S/C23H25Cl3N4.C22H26Cl3N3.CBrN.CH2O3.2K.H/c1-27-29-10-8-17(9-11-29)15-28-12-13-30(22-7-6-20(25)14-21(22)26)23(16-28)18-2-4-19(24)5-3-18;23-18-3-1-17(2-4-18)22-15-27(14-16-7-9-26-10-8-16)11-12-28(22)21-6-5-19(24)13-20(21)25;2-1-3;2-1-4-3;;;/h2-7,14,17,23H,8-13,15-16H2;1-6,13,16,22,26H,7-12,14-15H2;;1,3H;;;/q;;;;2*+1;-1/p-1/t23-;22-;;;;;/m00...../s1. The van der Waals surface area contributed by atoms with Gasteiger partial charge in [0.15, 0.2) is 0 Å². The van der Waals surface area contributed by atoms with Gasteiger partial charge in [-0.15, -0.1) is 5.01 Å². The second-order valence-electron chi connectivity index (χ2n) is 16.2. The molecule has 8 rings (SSSR count). The van der Waals surface area contributed by atoms with E-state index in [0.29, 0.717) is 26.0 Å². The summed E-state index contributed by atoms with van der Waals surface area (Å²) in [6, 6.07) is 28.3. The molecule has 4 aliphatic heterocycles. The van der Waals surface area contributed by atoms with Crippen LogP contribution in [0, 0.1) is 28.6 Å². The van der Waals surface area contributed by atoms with Crippen LogP contribution in [0.15, 0.2) is 84.9 Å². The molecular formula is C47H53BrCl6K2N8O3. The normalized spacial score (nSPS) is 18.9. The number of carbonyl (C=O) groups excluding carboxylic acids is 1. The van der Waals surface area contributed by atoms with Crippen molar-refractivity contribution in [1.82, 2.24) is 20.1 Å². The molecule has 0 bridgehead atoms. The SMILES string of the molecule is Clc1ccc([C@@H]2CN(CC3CCNCC3)CCN2c2ccc(Cl)cc2Cl)cc1.N#CBr.O=CO[O-].[C-]#[N+]N1CCC(CN2CCN(c3ccc(Cl)cc3Cl)[C@H](c3ccc(Cl)cc3)C2)CC1.[H-].[K+].[K+]. The second kappa shape index (κ2) is 33.0. The van der Waals surface area contributed by atoms with Crippen molar-refractivity contribution in [2.45, 2.75) is 37.8 Å². The molecule has 4 fully saturated rings. The van der Waals surface area contributed by atoms with Crippen LogP contribution in [0.5, 0.6) is 0 Å². The van der Waals surface area contributed by atoms with Gasteiger partial charge in [0.1, 0.15) is 4.98 Å². The fraction of sp³-hybridized carbons (Fsp3) is 0.426. The Balaban J connectivity index is 0.000000396. The van der Waals surface area contributed by atoms with Crippen molar-refractivity contribution in [3.05, 3.63) is 138 Å². The second-order valence-corrected chi connectivity index (χ2v) is 19.1. The van der Waals surface area contributed by atoms with E-state index in [0.717, 1.165) is 112 Å². The van der Waals surface area contributed by atoms with Gasteiger partial charge in [-0.05, 0) is 122 Å². The van der Waals surface area contributed by atoms with Crippen molar-refractivity contribution in [1.29, 1.82) is 5.26 Å². The molecule has 4 heterocycles. The monoisotopic (exact) mass is 1140 g/mol. The molecular weight excluding hydrogens is 1100 g/mol. The Hall–Kier alpha value is 0.0627. The molecule has 20 heteroatoms. The van der Waals surface area contributed by atoms with Crippen LogP contribution in [-0.2, 0) is 9.68 Å². The molecule has 4 aromatic rings. The number of piperidine rings is 2. The molecule has 0 radical (unpaired) electrons. The first-order valence-electron chi connectivity index (χ1n) is 21.4. The summed E-state index contributed by atoms with van der Waals surface area (Å²) in [5.41, 5.74) is 4.57. The van der Waals surface area contributed by atoms with Gasteiger partial charge in [-0.2, -0.15) is 16.8 Å². The van der Waals surface area contributed by atoms with E-state index in [1.165, 1.54) is 30.5 Å². The van der Waals surface area contributed by atoms with Crippen molar-refractivity contribution >= 4 is 103 Å². The number of hydrogen-bond donors (Lipinski definition) is 1. The molecule has 0 amide bonds. The number of nitriles is 1. The maximum absolute atomic E-state index is 8.64. The summed E-state index contributed by atoms with van der Waals surface area (Å²) in [4.78, 5) is 26.4. The Morgan fingerprint density at radius 2 is 1.06 bits per heavy atom. The Morgan fingerprint density at radius 3 is 1.42 bits per heavy atom. The molecule has 0 unspecified atom stereocenters. The topological polar surface area (TPSA) is 106 Å². The minimum atomic E-state index is -0.181. The third-order valence-corrected chi connectivity index (χ3v) is 13.7. The third kappa shape index (κ3) is 19.8. The van der Waals surface area contributed by atoms with Gasteiger partial charge in [0.05, 0.1) is 46.6 Å². The number of halogens is 7. The van der Waals surface area contributed by atoms with Crippen LogP contribution in [0.2, 0.25) is 30.1 Å². The van der Waals surface area contributed by atoms with Gasteiger partial charge in [0.2, 0.25) is 0 Å². The van der Waals surface area contributed by atoms with Crippen LogP contribution < -0.4 is 123 Å². The molecule has 67 heavy (non-hydrogen) atoms. The minimum absolute atomic E-state index is 0. The number of carbonyl (C=O) groups is 1. The zero-order chi connectivity index (χ0) is 46.7. The summed E-state index contributed by atoms with van der Waals surface area (Å²) in [6.45, 7) is 19.1. The number of anilines is 2. The number of nitrogens with zero attached hydrogens (tertiary/aromatic N) is 7. The molecule has 11 nitrogen and oxygen atoms in total. The van der Waals surface area contributed by atoms with E-state index in [1.807, 2.05) is 65.7 Å². The molecule has 2 atom stereocenters. The van der Waals surface area contributed by atoms with E-state index in [9.17, 15) is 0 Å². The maximum Gasteiger partial charge on any atom is 1.00 e. The van der Waals surface area contributed by atoms with Gasteiger partial charge in [-0.3, -0.25) is 14.6 Å². The fourth-order valence-electron chi connectivity index (χ4n) is 8.95. The molecule has 0 saturated carbocycles. The summed E-state index contributed by atoms with van der Waals surface area (Å²) in [6.07, 6.45) is 4.73. The number of benzene rings is 4. The van der Waals surface area contributed by atoms with Gasteiger partial charge < -0.3 is 26.7 Å². The van der Waals surface area contributed by atoms with Gasteiger partial charge in [0.25, 0.3) is 6.47 Å². The number of nitrogens with one attached hydrogen (secondary N) is 1. The Bertz CT molecular complexity index is 2190. The molecule has 4 aromatic carbocycles. The van der Waals surface area contributed by atoms with Gasteiger partial charge >= 0.3 is 103 Å². The van der Waals surface area contributed by atoms with Gasteiger partial charge in [-0.1, -0.05) is 93.9 Å². The quantitative estimate of drug-likeness (QED) is 0.0812. The summed E-state index contributed by atoms with van der Waals surface area (Å²) in [7, 11) is 0. The Labute approximate surface area is 520 Å². The van der Waals surface area contributed by atoms with Crippen LogP contribution in [0.25, 0.3) is 4.95 Å². The van der Waals surface area contributed by atoms with Crippen LogP contribution in [0.4, 0.5) is 11.4 Å². The van der Waals surface area contributed by atoms with E-state index >= 15 is 0 Å². The van der Waals surface area contributed by atoms with Crippen LogP contribution in [0.1, 0.15) is 50.3 Å². The summed E-state index contributed by atoms with van der Waals surface area (Å²) in [5, 5.41) is 25.2. The molecule has 350 valence electrons. The van der Waals surface area contributed by atoms with Gasteiger partial charge in [0, 0.05) is 88.4 Å². The maximum atomic E-state index is 8.64.